The van der Waals surface area contributed by atoms with Gasteiger partial charge >= 0.3 is 0 Å². The van der Waals surface area contributed by atoms with Crippen LogP contribution in [0.15, 0.2) is 45.5 Å². The van der Waals surface area contributed by atoms with Gasteiger partial charge in [0.2, 0.25) is 5.91 Å². The van der Waals surface area contributed by atoms with Crippen LogP contribution in [0, 0.1) is 5.82 Å². The number of carbonyl (C=O) groups excluding carboxylic acids is 2. The minimum Gasteiger partial charge on any atom is -0.444 e. The zero-order valence-corrected chi connectivity index (χ0v) is 11.7. The Hall–Kier alpha value is -2.15. The molecule has 2 amide bonds. The van der Waals surface area contributed by atoms with Gasteiger partial charge in [-0.05, 0) is 46.3 Å². The van der Waals surface area contributed by atoms with E-state index in [4.69, 9.17) is 4.42 Å². The third kappa shape index (κ3) is 3.92. The molecule has 0 aliphatic carbocycles. The zero-order chi connectivity index (χ0) is 14.5. The minimum atomic E-state index is -0.509. The minimum absolute atomic E-state index is 0.0930. The second-order valence-corrected chi connectivity index (χ2v) is 4.63. The Morgan fingerprint density at radius 3 is 2.70 bits per heavy atom. The van der Waals surface area contributed by atoms with Gasteiger partial charge in [-0.2, -0.15) is 0 Å². The molecule has 0 saturated heterocycles. The standard InChI is InChI=1S/C13H10BrFN2O3/c14-11-5-4-10(20-11)13(19)16-7-12(18)17-9-3-1-2-8(15)6-9/h1-6H,7H2,(H,16,19)(H,17,18). The molecule has 0 aliphatic rings. The zero-order valence-electron chi connectivity index (χ0n) is 10.2. The van der Waals surface area contributed by atoms with E-state index >= 15 is 0 Å². The Kier molecular flexibility index (Phi) is 4.52. The number of furan rings is 1. The summed E-state index contributed by atoms with van der Waals surface area (Å²) in [5.74, 6) is -1.33. The van der Waals surface area contributed by atoms with Crippen LogP contribution in [0.2, 0.25) is 0 Å². The van der Waals surface area contributed by atoms with Gasteiger partial charge in [-0.25, -0.2) is 4.39 Å². The lowest BCUT2D eigenvalue weighted by Crippen LogP contribution is -2.32. The molecule has 2 aromatic rings. The molecule has 5 nitrogen and oxygen atoms in total. The van der Waals surface area contributed by atoms with Gasteiger partial charge in [0.15, 0.2) is 10.4 Å². The maximum Gasteiger partial charge on any atom is 0.287 e. The molecule has 0 bridgehead atoms. The molecule has 1 aromatic heterocycles. The van der Waals surface area contributed by atoms with E-state index in [1.165, 1.54) is 24.3 Å². The fourth-order valence-electron chi connectivity index (χ4n) is 1.46. The van der Waals surface area contributed by atoms with Gasteiger partial charge in [-0.3, -0.25) is 9.59 Å². The number of anilines is 1. The lowest BCUT2D eigenvalue weighted by atomic mass is 10.3. The van der Waals surface area contributed by atoms with E-state index in [-0.39, 0.29) is 12.3 Å². The van der Waals surface area contributed by atoms with Crippen molar-refractivity contribution in [3.63, 3.8) is 0 Å². The van der Waals surface area contributed by atoms with Gasteiger partial charge in [-0.1, -0.05) is 6.07 Å². The fraction of sp³-hybridized carbons (Fsp3) is 0.0769. The lowest BCUT2D eigenvalue weighted by Gasteiger charge is -2.06. The van der Waals surface area contributed by atoms with E-state index in [0.717, 1.165) is 0 Å². The summed E-state index contributed by atoms with van der Waals surface area (Å²) in [6.07, 6.45) is 0. The maximum absolute atomic E-state index is 12.9. The van der Waals surface area contributed by atoms with Crippen molar-refractivity contribution in [1.29, 1.82) is 0 Å². The normalized spacial score (nSPS) is 10.1. The lowest BCUT2D eigenvalue weighted by molar-refractivity contribution is -0.115. The molecule has 0 atom stereocenters. The molecular weight excluding hydrogens is 331 g/mol. The quantitative estimate of drug-likeness (QED) is 0.898. The van der Waals surface area contributed by atoms with Crippen LogP contribution in [0.4, 0.5) is 10.1 Å². The summed E-state index contributed by atoms with van der Waals surface area (Å²) in [5.41, 5.74) is 0.324. The average Bonchev–Trinajstić information content (AvgIpc) is 2.83. The third-order valence-corrected chi connectivity index (χ3v) is 2.74. The first-order valence-electron chi connectivity index (χ1n) is 5.63. The molecule has 1 heterocycles. The fourth-order valence-corrected chi connectivity index (χ4v) is 1.76. The highest BCUT2D eigenvalue weighted by atomic mass is 79.9. The predicted octanol–water partition coefficient (Wildman–Crippen LogP) is 2.55. The highest BCUT2D eigenvalue weighted by molar-refractivity contribution is 9.10. The Morgan fingerprint density at radius 1 is 1.25 bits per heavy atom. The Labute approximate surface area is 122 Å². The third-order valence-electron chi connectivity index (χ3n) is 2.31. The Morgan fingerprint density at radius 2 is 2.05 bits per heavy atom. The molecule has 0 saturated carbocycles. The molecule has 0 aliphatic heterocycles. The second kappa shape index (κ2) is 6.33. The van der Waals surface area contributed by atoms with Crippen molar-refractivity contribution in [2.75, 3.05) is 11.9 Å². The van der Waals surface area contributed by atoms with Gasteiger partial charge in [0.25, 0.3) is 5.91 Å². The summed E-state index contributed by atoms with van der Waals surface area (Å²) >= 11 is 3.07. The second-order valence-electron chi connectivity index (χ2n) is 3.84. The smallest absolute Gasteiger partial charge is 0.287 e. The van der Waals surface area contributed by atoms with Crippen LogP contribution in [0.3, 0.4) is 0 Å². The summed E-state index contributed by atoms with van der Waals surface area (Å²) in [6.45, 7) is -0.242. The molecule has 0 radical (unpaired) electrons. The number of carbonyl (C=O) groups is 2. The number of halogens is 2. The van der Waals surface area contributed by atoms with E-state index in [1.54, 1.807) is 12.1 Å². The largest absolute Gasteiger partial charge is 0.444 e. The summed E-state index contributed by atoms with van der Waals surface area (Å²) in [5, 5.41) is 4.85. The summed E-state index contributed by atoms with van der Waals surface area (Å²) in [6, 6.07) is 8.53. The molecule has 7 heteroatoms. The van der Waals surface area contributed by atoms with E-state index < -0.39 is 17.6 Å². The molecule has 0 spiro atoms. The van der Waals surface area contributed by atoms with Gasteiger partial charge in [-0.15, -0.1) is 0 Å². The monoisotopic (exact) mass is 340 g/mol. The van der Waals surface area contributed by atoms with Crippen molar-refractivity contribution in [3.8, 4) is 0 Å². The molecule has 20 heavy (non-hydrogen) atoms. The number of hydrogen-bond acceptors (Lipinski definition) is 3. The topological polar surface area (TPSA) is 71.3 Å². The van der Waals surface area contributed by atoms with E-state index in [2.05, 4.69) is 26.6 Å². The van der Waals surface area contributed by atoms with Gasteiger partial charge in [0.1, 0.15) is 5.82 Å². The molecule has 104 valence electrons. The molecule has 0 fully saturated rings. The molecule has 2 rings (SSSR count). The summed E-state index contributed by atoms with van der Waals surface area (Å²) < 4.78 is 18.4. The van der Waals surface area contributed by atoms with Crippen LogP contribution in [0.1, 0.15) is 10.6 Å². The first kappa shape index (κ1) is 14.3. The number of amides is 2. The molecule has 2 N–H and O–H groups in total. The Balaban J connectivity index is 1.85. The van der Waals surface area contributed by atoms with Crippen molar-refractivity contribution in [1.82, 2.24) is 5.32 Å². The van der Waals surface area contributed by atoms with Gasteiger partial charge < -0.3 is 15.1 Å². The van der Waals surface area contributed by atoms with Crippen LogP contribution in [0.25, 0.3) is 0 Å². The number of nitrogens with one attached hydrogen (secondary N) is 2. The van der Waals surface area contributed by atoms with Crippen LogP contribution in [0.5, 0.6) is 0 Å². The SMILES string of the molecule is O=C(CNC(=O)c1ccc(Br)o1)Nc1cccc(F)c1. The van der Waals surface area contributed by atoms with Crippen LogP contribution < -0.4 is 10.6 Å². The number of rotatable bonds is 4. The first-order chi connectivity index (χ1) is 9.54. The maximum atomic E-state index is 12.9. The number of hydrogen-bond donors (Lipinski definition) is 2. The van der Waals surface area contributed by atoms with Crippen LogP contribution >= 0.6 is 15.9 Å². The molecule has 0 unspecified atom stereocenters. The predicted molar refractivity (Wildman–Crippen MR) is 73.8 cm³/mol. The van der Waals surface area contributed by atoms with Gasteiger partial charge in [0, 0.05) is 5.69 Å². The first-order valence-corrected chi connectivity index (χ1v) is 6.43. The van der Waals surface area contributed by atoms with Crippen molar-refractivity contribution in [3.05, 3.63) is 52.6 Å². The van der Waals surface area contributed by atoms with Crippen molar-refractivity contribution >= 4 is 33.4 Å². The summed E-state index contributed by atoms with van der Waals surface area (Å²) in [4.78, 5) is 23.2. The molecule has 1 aromatic carbocycles. The van der Waals surface area contributed by atoms with Crippen LogP contribution in [-0.4, -0.2) is 18.4 Å². The Bertz CT molecular complexity index is 642. The van der Waals surface area contributed by atoms with E-state index in [9.17, 15) is 14.0 Å². The van der Waals surface area contributed by atoms with E-state index in [0.29, 0.717) is 10.4 Å². The van der Waals surface area contributed by atoms with Crippen molar-refractivity contribution < 1.29 is 18.4 Å². The van der Waals surface area contributed by atoms with Crippen LogP contribution in [-0.2, 0) is 4.79 Å². The van der Waals surface area contributed by atoms with Crippen molar-refractivity contribution in [2.45, 2.75) is 0 Å². The van der Waals surface area contributed by atoms with Crippen molar-refractivity contribution in [2.24, 2.45) is 0 Å². The highest BCUT2D eigenvalue weighted by Crippen LogP contribution is 2.13. The van der Waals surface area contributed by atoms with Gasteiger partial charge in [0.05, 0.1) is 6.54 Å². The average molecular weight is 341 g/mol. The summed E-state index contributed by atoms with van der Waals surface area (Å²) in [7, 11) is 0. The van der Waals surface area contributed by atoms with E-state index in [1.807, 2.05) is 0 Å². The number of benzene rings is 1. The molecular formula is C13H10BrFN2O3. The highest BCUT2D eigenvalue weighted by Gasteiger charge is 2.11.